The Balaban J connectivity index is 1.96. The summed E-state index contributed by atoms with van der Waals surface area (Å²) in [5.74, 6) is -0.894. The first-order valence-electron chi connectivity index (χ1n) is 7.58. The third-order valence-corrected chi connectivity index (χ3v) is 3.49. The van der Waals surface area contributed by atoms with E-state index in [-0.39, 0.29) is 5.56 Å². The standard InChI is InChI=1S/C18H20FN3O/c1-3-22(4-2)17-10-8-14(9-11-17)13-20-21-18(23)15-6-5-7-16(19)12-15/h5-13H,3-4H2,1-2H3,(H,21,23)/b20-13+. The van der Waals surface area contributed by atoms with Crippen LogP contribution in [0.2, 0.25) is 0 Å². The van der Waals surface area contributed by atoms with Gasteiger partial charge in [0.15, 0.2) is 0 Å². The molecule has 0 bridgehead atoms. The van der Waals surface area contributed by atoms with Crippen LogP contribution < -0.4 is 10.3 Å². The van der Waals surface area contributed by atoms with Crippen LogP contribution in [0.25, 0.3) is 0 Å². The van der Waals surface area contributed by atoms with Crippen molar-refractivity contribution in [3.05, 3.63) is 65.5 Å². The Kier molecular flexibility index (Phi) is 5.86. The lowest BCUT2D eigenvalue weighted by molar-refractivity contribution is 0.0954. The summed E-state index contributed by atoms with van der Waals surface area (Å²) in [6, 6.07) is 13.4. The summed E-state index contributed by atoms with van der Waals surface area (Å²) in [4.78, 5) is 14.1. The molecule has 120 valence electrons. The molecule has 0 fully saturated rings. The van der Waals surface area contributed by atoms with Crippen molar-refractivity contribution in [1.29, 1.82) is 0 Å². The van der Waals surface area contributed by atoms with E-state index < -0.39 is 11.7 Å². The molecule has 0 saturated heterocycles. The maximum absolute atomic E-state index is 13.1. The molecule has 23 heavy (non-hydrogen) atoms. The Morgan fingerprint density at radius 3 is 2.48 bits per heavy atom. The Morgan fingerprint density at radius 1 is 1.17 bits per heavy atom. The molecule has 0 radical (unpaired) electrons. The van der Waals surface area contributed by atoms with Crippen molar-refractivity contribution in [2.24, 2.45) is 5.10 Å². The molecule has 2 rings (SSSR count). The van der Waals surface area contributed by atoms with Gasteiger partial charge in [-0.3, -0.25) is 4.79 Å². The van der Waals surface area contributed by atoms with Gasteiger partial charge in [-0.1, -0.05) is 18.2 Å². The van der Waals surface area contributed by atoms with Crippen molar-refractivity contribution in [2.75, 3.05) is 18.0 Å². The van der Waals surface area contributed by atoms with Gasteiger partial charge in [-0.05, 0) is 49.7 Å². The summed E-state index contributed by atoms with van der Waals surface area (Å²) in [6.45, 7) is 6.13. The predicted octanol–water partition coefficient (Wildman–Crippen LogP) is 3.44. The van der Waals surface area contributed by atoms with Gasteiger partial charge in [0.1, 0.15) is 5.82 Å². The largest absolute Gasteiger partial charge is 0.372 e. The third-order valence-electron chi connectivity index (χ3n) is 3.49. The van der Waals surface area contributed by atoms with Crippen LogP contribution >= 0.6 is 0 Å². The summed E-state index contributed by atoms with van der Waals surface area (Å²) in [6.07, 6.45) is 1.56. The number of hydrogen-bond donors (Lipinski definition) is 1. The lowest BCUT2D eigenvalue weighted by Crippen LogP contribution is -2.21. The third kappa shape index (κ3) is 4.64. The second-order valence-corrected chi connectivity index (χ2v) is 4.97. The van der Waals surface area contributed by atoms with Crippen molar-refractivity contribution in [2.45, 2.75) is 13.8 Å². The van der Waals surface area contributed by atoms with E-state index >= 15 is 0 Å². The maximum atomic E-state index is 13.1. The molecule has 0 unspecified atom stereocenters. The number of hydrogen-bond acceptors (Lipinski definition) is 3. The van der Waals surface area contributed by atoms with Crippen LogP contribution in [0.4, 0.5) is 10.1 Å². The van der Waals surface area contributed by atoms with Gasteiger partial charge >= 0.3 is 0 Å². The van der Waals surface area contributed by atoms with Crippen molar-refractivity contribution < 1.29 is 9.18 Å². The van der Waals surface area contributed by atoms with E-state index in [0.29, 0.717) is 0 Å². The molecule has 1 amide bonds. The van der Waals surface area contributed by atoms with Crippen LogP contribution in [-0.4, -0.2) is 25.2 Å². The molecule has 5 heteroatoms. The lowest BCUT2D eigenvalue weighted by atomic mass is 10.2. The molecule has 0 aliphatic rings. The predicted molar refractivity (Wildman–Crippen MR) is 91.5 cm³/mol. The molecule has 0 aromatic heterocycles. The SMILES string of the molecule is CCN(CC)c1ccc(/C=N/NC(=O)c2cccc(F)c2)cc1. The number of anilines is 1. The molecule has 4 nitrogen and oxygen atoms in total. The Bertz CT molecular complexity index is 679. The number of carbonyl (C=O) groups is 1. The van der Waals surface area contributed by atoms with Gasteiger partial charge in [0.05, 0.1) is 6.21 Å². The van der Waals surface area contributed by atoms with Gasteiger partial charge in [0.25, 0.3) is 5.91 Å². The zero-order valence-electron chi connectivity index (χ0n) is 13.3. The van der Waals surface area contributed by atoms with E-state index in [9.17, 15) is 9.18 Å². The number of hydrazone groups is 1. The summed E-state index contributed by atoms with van der Waals surface area (Å²) >= 11 is 0. The minimum absolute atomic E-state index is 0.235. The molecule has 2 aromatic rings. The average molecular weight is 313 g/mol. The first kappa shape index (κ1) is 16.7. The monoisotopic (exact) mass is 313 g/mol. The zero-order valence-corrected chi connectivity index (χ0v) is 13.3. The van der Waals surface area contributed by atoms with E-state index in [0.717, 1.165) is 24.3 Å². The Morgan fingerprint density at radius 2 is 1.87 bits per heavy atom. The molecule has 0 heterocycles. The fraction of sp³-hybridized carbons (Fsp3) is 0.222. The summed E-state index contributed by atoms with van der Waals surface area (Å²) < 4.78 is 13.1. The lowest BCUT2D eigenvalue weighted by Gasteiger charge is -2.20. The Labute approximate surface area is 135 Å². The molecule has 1 N–H and O–H groups in total. The highest BCUT2D eigenvalue weighted by Crippen LogP contribution is 2.14. The number of rotatable bonds is 6. The number of halogens is 1. The van der Waals surface area contributed by atoms with Crippen LogP contribution in [0.1, 0.15) is 29.8 Å². The first-order valence-corrected chi connectivity index (χ1v) is 7.58. The van der Waals surface area contributed by atoms with Gasteiger partial charge in [-0.2, -0.15) is 5.10 Å². The fourth-order valence-corrected chi connectivity index (χ4v) is 2.22. The quantitative estimate of drug-likeness (QED) is 0.656. The van der Waals surface area contributed by atoms with Crippen molar-refractivity contribution in [3.8, 4) is 0 Å². The molecule has 0 saturated carbocycles. The number of nitrogens with zero attached hydrogens (tertiary/aromatic N) is 2. The van der Waals surface area contributed by atoms with Gasteiger partial charge in [-0.25, -0.2) is 9.82 Å². The van der Waals surface area contributed by atoms with Crippen LogP contribution in [0.5, 0.6) is 0 Å². The molecular formula is C18H20FN3O. The highest BCUT2D eigenvalue weighted by molar-refractivity contribution is 5.94. The normalized spacial score (nSPS) is 10.7. The molecule has 2 aromatic carbocycles. The van der Waals surface area contributed by atoms with E-state index in [2.05, 4.69) is 29.3 Å². The van der Waals surface area contributed by atoms with Crippen LogP contribution in [0, 0.1) is 5.82 Å². The number of nitrogens with one attached hydrogen (secondary N) is 1. The smallest absolute Gasteiger partial charge is 0.271 e. The topological polar surface area (TPSA) is 44.7 Å². The summed E-state index contributed by atoms with van der Waals surface area (Å²) in [5, 5.41) is 3.90. The van der Waals surface area contributed by atoms with E-state index in [1.807, 2.05) is 24.3 Å². The average Bonchev–Trinajstić information content (AvgIpc) is 2.57. The van der Waals surface area contributed by atoms with E-state index in [1.54, 1.807) is 6.21 Å². The zero-order chi connectivity index (χ0) is 16.7. The second kappa shape index (κ2) is 8.08. The molecule has 0 atom stereocenters. The number of amides is 1. The summed E-state index contributed by atoms with van der Waals surface area (Å²) in [7, 11) is 0. The number of carbonyl (C=O) groups excluding carboxylic acids is 1. The molecule has 0 spiro atoms. The van der Waals surface area contributed by atoms with Crippen molar-refractivity contribution in [1.82, 2.24) is 5.43 Å². The maximum Gasteiger partial charge on any atom is 0.271 e. The molecule has 0 aliphatic heterocycles. The minimum Gasteiger partial charge on any atom is -0.372 e. The minimum atomic E-state index is -0.450. The fourth-order valence-electron chi connectivity index (χ4n) is 2.22. The molecular weight excluding hydrogens is 293 g/mol. The van der Waals surface area contributed by atoms with E-state index in [1.165, 1.54) is 24.3 Å². The highest BCUT2D eigenvalue weighted by Gasteiger charge is 2.04. The number of benzene rings is 2. The highest BCUT2D eigenvalue weighted by atomic mass is 19.1. The summed E-state index contributed by atoms with van der Waals surface area (Å²) in [5.41, 5.74) is 4.65. The van der Waals surface area contributed by atoms with Crippen molar-refractivity contribution in [3.63, 3.8) is 0 Å². The van der Waals surface area contributed by atoms with Crippen molar-refractivity contribution >= 4 is 17.8 Å². The van der Waals surface area contributed by atoms with Gasteiger partial charge < -0.3 is 4.90 Å². The van der Waals surface area contributed by atoms with Crippen LogP contribution in [0.3, 0.4) is 0 Å². The van der Waals surface area contributed by atoms with Gasteiger partial charge in [-0.15, -0.1) is 0 Å². The van der Waals surface area contributed by atoms with Crippen LogP contribution in [-0.2, 0) is 0 Å². The van der Waals surface area contributed by atoms with Crippen LogP contribution in [0.15, 0.2) is 53.6 Å². The first-order chi connectivity index (χ1) is 11.1. The Hall–Kier alpha value is -2.69. The van der Waals surface area contributed by atoms with Gasteiger partial charge in [0.2, 0.25) is 0 Å². The van der Waals surface area contributed by atoms with E-state index in [4.69, 9.17) is 0 Å². The second-order valence-electron chi connectivity index (χ2n) is 4.97. The molecule has 0 aliphatic carbocycles. The van der Waals surface area contributed by atoms with Gasteiger partial charge in [0, 0.05) is 24.3 Å².